The van der Waals surface area contributed by atoms with Crippen LogP contribution in [0.15, 0.2) is 176 Å². The van der Waals surface area contributed by atoms with Gasteiger partial charge in [0, 0.05) is 66.0 Å². The SMILES string of the molecule is [2H]C([2H])([2H])c1cc2c3c(c1)N(c1ccc(C(C)(C)C)cc1-c1ccccc1)c1cc4c(cc1B3c1ccc(N(c3ccc(C(C)(C)C)cc3)c3ccc(C(C)(C)C)cc3)cc1N2c1cc2c(cc1C)C(C)(C)CCC2(C)C)C(C)(C)c1ccccc1C4(C)C. The molecule has 3 nitrogen and oxygen atoms in total. The number of anilines is 9. The van der Waals surface area contributed by atoms with Crippen molar-refractivity contribution in [3.05, 3.63) is 237 Å². The van der Waals surface area contributed by atoms with Crippen LogP contribution in [0.1, 0.15) is 196 Å². The Kier molecular flexibility index (Phi) is 12.2. The molecule has 2 aliphatic heterocycles. The van der Waals surface area contributed by atoms with Crippen molar-refractivity contribution in [2.24, 2.45) is 0 Å². The van der Waals surface area contributed by atoms with E-state index in [1.807, 2.05) is 12.1 Å². The molecule has 0 aromatic heterocycles. The number of rotatable bonds is 6. The fourth-order valence-electron chi connectivity index (χ4n) is 15.2. The summed E-state index contributed by atoms with van der Waals surface area (Å²) in [5.74, 6) is 0. The Morgan fingerprint density at radius 1 is 0.407 bits per heavy atom. The van der Waals surface area contributed by atoms with E-state index in [1.165, 1.54) is 61.0 Å². The Hall–Kier alpha value is -7.56. The predicted molar refractivity (Wildman–Crippen MR) is 372 cm³/mol. The Bertz CT molecular complexity index is 4260. The van der Waals surface area contributed by atoms with Gasteiger partial charge >= 0.3 is 0 Å². The molecule has 0 bridgehead atoms. The van der Waals surface area contributed by atoms with Crippen LogP contribution >= 0.6 is 0 Å². The molecule has 0 fully saturated rings. The number of aryl methyl sites for hydroxylation is 2. The summed E-state index contributed by atoms with van der Waals surface area (Å²) < 4.78 is 28.7. The number of fused-ring (bicyclic) bond motifs is 7. The summed E-state index contributed by atoms with van der Waals surface area (Å²) in [5, 5.41) is 0. The first-order valence-corrected chi connectivity index (χ1v) is 31.7. The molecule has 4 aliphatic rings. The fourth-order valence-corrected chi connectivity index (χ4v) is 15.2. The van der Waals surface area contributed by atoms with Gasteiger partial charge in [0.05, 0.1) is 5.69 Å². The van der Waals surface area contributed by atoms with Crippen molar-refractivity contribution in [2.75, 3.05) is 14.7 Å². The molecule has 0 spiro atoms. The van der Waals surface area contributed by atoms with Crippen molar-refractivity contribution >= 4 is 74.3 Å². The third-order valence-electron chi connectivity index (χ3n) is 20.7. The van der Waals surface area contributed by atoms with Gasteiger partial charge in [-0.2, -0.15) is 0 Å². The first kappa shape index (κ1) is 53.9. The molecular weight excluding hydrogens is 1040 g/mol. The highest BCUT2D eigenvalue weighted by atomic mass is 15.2. The zero-order valence-electron chi connectivity index (χ0n) is 57.6. The number of hydrogen-bond donors (Lipinski definition) is 0. The van der Waals surface area contributed by atoms with E-state index in [0.717, 1.165) is 86.2 Å². The second-order valence-electron chi connectivity index (χ2n) is 31.3. The molecule has 86 heavy (non-hydrogen) atoms. The second-order valence-corrected chi connectivity index (χ2v) is 31.3. The molecule has 13 rings (SSSR count). The molecule has 0 atom stereocenters. The van der Waals surface area contributed by atoms with Gasteiger partial charge in [-0.1, -0.05) is 221 Å². The van der Waals surface area contributed by atoms with Crippen LogP contribution in [-0.2, 0) is 37.9 Å². The number of nitrogens with zero attached hydrogens (tertiary/aromatic N) is 3. The topological polar surface area (TPSA) is 9.72 Å². The predicted octanol–water partition coefficient (Wildman–Crippen LogP) is 20.7. The highest BCUT2D eigenvalue weighted by molar-refractivity contribution is 7.00. The summed E-state index contributed by atoms with van der Waals surface area (Å²) >= 11 is 0. The molecule has 9 aromatic carbocycles. The molecule has 0 N–H and O–H groups in total. The summed E-state index contributed by atoms with van der Waals surface area (Å²) in [6.45, 7) is 39.3. The maximum atomic E-state index is 9.56. The lowest BCUT2D eigenvalue weighted by Crippen LogP contribution is -2.62. The normalized spacial score (nSPS) is 17.4. The van der Waals surface area contributed by atoms with E-state index >= 15 is 0 Å². The van der Waals surface area contributed by atoms with E-state index in [4.69, 9.17) is 0 Å². The van der Waals surface area contributed by atoms with Crippen LogP contribution in [-0.4, -0.2) is 6.71 Å². The van der Waals surface area contributed by atoms with Gasteiger partial charge in [-0.3, -0.25) is 0 Å². The van der Waals surface area contributed by atoms with Crippen LogP contribution in [0.3, 0.4) is 0 Å². The summed E-state index contributed by atoms with van der Waals surface area (Å²) in [6.07, 6.45) is 2.16. The number of benzene rings is 9. The third kappa shape index (κ3) is 9.12. The maximum Gasteiger partial charge on any atom is 0.252 e. The minimum absolute atomic E-state index is 0.0245. The zero-order chi connectivity index (χ0) is 63.7. The van der Waals surface area contributed by atoms with Crippen molar-refractivity contribution in [3.63, 3.8) is 0 Å². The van der Waals surface area contributed by atoms with Gasteiger partial charge in [-0.15, -0.1) is 0 Å². The first-order chi connectivity index (χ1) is 41.6. The Balaban J connectivity index is 1.18. The molecule has 0 saturated heterocycles. The zero-order valence-corrected chi connectivity index (χ0v) is 54.6. The van der Waals surface area contributed by atoms with Crippen LogP contribution in [0.4, 0.5) is 51.2 Å². The van der Waals surface area contributed by atoms with Crippen molar-refractivity contribution < 1.29 is 4.11 Å². The minimum atomic E-state index is -2.46. The smallest absolute Gasteiger partial charge is 0.252 e. The average Bonchev–Trinajstić information content (AvgIpc) is 0.686. The van der Waals surface area contributed by atoms with E-state index < -0.39 is 6.85 Å². The van der Waals surface area contributed by atoms with Crippen LogP contribution in [0.2, 0.25) is 0 Å². The lowest BCUT2D eigenvalue weighted by molar-refractivity contribution is 0.332. The van der Waals surface area contributed by atoms with E-state index in [1.54, 1.807) is 0 Å². The van der Waals surface area contributed by atoms with Gasteiger partial charge in [-0.25, -0.2) is 0 Å². The third-order valence-corrected chi connectivity index (χ3v) is 20.7. The summed E-state index contributed by atoms with van der Waals surface area (Å²) in [7, 11) is 0. The van der Waals surface area contributed by atoms with E-state index in [-0.39, 0.29) is 44.6 Å². The lowest BCUT2D eigenvalue weighted by Gasteiger charge is -2.49. The molecule has 0 saturated carbocycles. The molecule has 2 aliphatic carbocycles. The maximum absolute atomic E-state index is 9.56. The Morgan fingerprint density at radius 3 is 1.41 bits per heavy atom. The van der Waals surface area contributed by atoms with E-state index in [0.29, 0.717) is 5.56 Å². The highest BCUT2D eigenvalue weighted by Gasteiger charge is 2.49. The van der Waals surface area contributed by atoms with Gasteiger partial charge < -0.3 is 14.7 Å². The van der Waals surface area contributed by atoms with Gasteiger partial charge in [0.1, 0.15) is 0 Å². The van der Waals surface area contributed by atoms with Crippen LogP contribution in [0, 0.1) is 13.8 Å². The summed E-state index contributed by atoms with van der Waals surface area (Å²) in [6, 6.07) is 66.5. The van der Waals surface area contributed by atoms with Crippen LogP contribution < -0.4 is 31.1 Å². The monoisotopic (exact) mass is 1130 g/mol. The van der Waals surface area contributed by atoms with Gasteiger partial charge in [-0.05, 0) is 210 Å². The Labute approximate surface area is 520 Å². The second kappa shape index (κ2) is 19.5. The highest BCUT2D eigenvalue weighted by Crippen LogP contribution is 2.56. The molecule has 0 unspecified atom stereocenters. The lowest BCUT2D eigenvalue weighted by atomic mass is 9.33. The average molecular weight is 1130 g/mol. The fraction of sp³-hybridized carbons (Fsp3) is 0.341. The van der Waals surface area contributed by atoms with Crippen molar-refractivity contribution in [1.29, 1.82) is 0 Å². The molecule has 2 heterocycles. The van der Waals surface area contributed by atoms with Crippen LogP contribution in [0.5, 0.6) is 0 Å². The van der Waals surface area contributed by atoms with Crippen molar-refractivity contribution in [3.8, 4) is 11.1 Å². The molecule has 0 amide bonds. The van der Waals surface area contributed by atoms with Crippen molar-refractivity contribution in [2.45, 2.75) is 182 Å². The number of hydrogen-bond acceptors (Lipinski definition) is 3. The Morgan fingerprint density at radius 2 is 0.872 bits per heavy atom. The summed E-state index contributed by atoms with van der Waals surface area (Å²) in [4.78, 5) is 7.39. The van der Waals surface area contributed by atoms with E-state index in [2.05, 4.69) is 303 Å². The molecular formula is C82H90BN3. The first-order valence-electron chi connectivity index (χ1n) is 33.2. The van der Waals surface area contributed by atoms with Gasteiger partial charge in [0.25, 0.3) is 6.71 Å². The molecule has 0 radical (unpaired) electrons. The standard InChI is InChI=1S/C82H90BN3/c1-51-43-73-75-74(44-51)86(70-49-64-63(45-52(70)2)79(12,13)41-42-80(64,14)15)71-47-59(84(57-34-29-54(30-35-57)76(3,4)5)58-36-31-55(32-37-58)77(6,7)8)38-39-67(71)83(75)68-48-65-66(82(18,19)62-28-24-23-27-61(62)81(65,16)17)50-72(68)85(73)69-40-33-56(78(9,10)11)46-60(69)53-25-21-20-22-26-53/h20-40,43-50H,41-42H2,1-19H3/i1D3. The molecule has 9 aromatic rings. The quantitative estimate of drug-likeness (QED) is 0.154. The largest absolute Gasteiger partial charge is 0.311 e. The molecule has 436 valence electrons. The van der Waals surface area contributed by atoms with Gasteiger partial charge in [0.2, 0.25) is 0 Å². The minimum Gasteiger partial charge on any atom is -0.311 e. The van der Waals surface area contributed by atoms with Gasteiger partial charge in [0.15, 0.2) is 0 Å². The van der Waals surface area contributed by atoms with E-state index in [9.17, 15) is 4.11 Å². The van der Waals surface area contributed by atoms with Crippen molar-refractivity contribution in [1.82, 2.24) is 0 Å². The summed E-state index contributed by atoms with van der Waals surface area (Å²) in [5.41, 5.74) is 27.0. The van der Waals surface area contributed by atoms with Crippen LogP contribution in [0.25, 0.3) is 11.1 Å². The molecule has 4 heteroatoms.